The maximum atomic E-state index is 5.83. The molecule has 0 saturated heterocycles. The van der Waals surface area contributed by atoms with Crippen molar-refractivity contribution in [3.8, 4) is 0 Å². The van der Waals surface area contributed by atoms with Crippen molar-refractivity contribution in [2.45, 2.75) is 52.0 Å². The zero-order valence-corrected chi connectivity index (χ0v) is 8.34. The van der Waals surface area contributed by atoms with E-state index in [2.05, 4.69) is 19.9 Å². The van der Waals surface area contributed by atoms with Gasteiger partial charge in [-0.25, -0.2) is 0 Å². The molecule has 0 aromatic carbocycles. The molecule has 12 heavy (non-hydrogen) atoms. The summed E-state index contributed by atoms with van der Waals surface area (Å²) in [5.74, 6) is 0.760. The molecule has 1 nitrogen and oxygen atoms in total. The average Bonchev–Trinajstić information content (AvgIpc) is 2.36. The third-order valence-electron chi connectivity index (χ3n) is 2.62. The molecule has 70 valence electrons. The van der Waals surface area contributed by atoms with E-state index >= 15 is 0 Å². The van der Waals surface area contributed by atoms with Gasteiger partial charge in [0.15, 0.2) is 0 Å². The normalized spacial score (nSPS) is 29.6. The topological polar surface area (TPSA) is 26.0 Å². The van der Waals surface area contributed by atoms with Gasteiger partial charge < -0.3 is 5.73 Å². The fourth-order valence-electron chi connectivity index (χ4n) is 2.00. The standard InChI is InChI=1S/C11H21N/c1-3-4-9(2)7-10-5-6-11(12)8-10/h7,9,11H,3-6,8,12H2,1-2H3. The molecule has 0 spiro atoms. The first-order valence-electron chi connectivity index (χ1n) is 5.17. The van der Waals surface area contributed by atoms with Crippen molar-refractivity contribution in [1.82, 2.24) is 0 Å². The predicted molar refractivity (Wildman–Crippen MR) is 54.0 cm³/mol. The van der Waals surface area contributed by atoms with Crippen LogP contribution < -0.4 is 5.73 Å². The van der Waals surface area contributed by atoms with E-state index in [1.165, 1.54) is 25.7 Å². The minimum absolute atomic E-state index is 0.449. The monoisotopic (exact) mass is 167 g/mol. The summed E-state index contributed by atoms with van der Waals surface area (Å²) in [5.41, 5.74) is 7.43. The van der Waals surface area contributed by atoms with Crippen LogP contribution in [0.15, 0.2) is 11.6 Å². The molecule has 1 rings (SSSR count). The van der Waals surface area contributed by atoms with Gasteiger partial charge in [-0.2, -0.15) is 0 Å². The van der Waals surface area contributed by atoms with Gasteiger partial charge in [-0.1, -0.05) is 31.9 Å². The van der Waals surface area contributed by atoms with E-state index in [4.69, 9.17) is 5.73 Å². The largest absolute Gasteiger partial charge is 0.327 e. The highest BCUT2D eigenvalue weighted by Gasteiger charge is 2.15. The average molecular weight is 167 g/mol. The summed E-state index contributed by atoms with van der Waals surface area (Å²) in [6, 6.07) is 0.449. The van der Waals surface area contributed by atoms with Crippen LogP contribution >= 0.6 is 0 Å². The van der Waals surface area contributed by atoms with E-state index < -0.39 is 0 Å². The SMILES string of the molecule is CCCC(C)C=C1CCC(N)C1. The van der Waals surface area contributed by atoms with E-state index in [0.29, 0.717) is 6.04 Å². The van der Waals surface area contributed by atoms with Crippen LogP contribution in [-0.2, 0) is 0 Å². The van der Waals surface area contributed by atoms with Gasteiger partial charge in [0.2, 0.25) is 0 Å². The van der Waals surface area contributed by atoms with E-state index in [9.17, 15) is 0 Å². The van der Waals surface area contributed by atoms with Crippen molar-refractivity contribution in [1.29, 1.82) is 0 Å². The van der Waals surface area contributed by atoms with Gasteiger partial charge in [0.25, 0.3) is 0 Å². The van der Waals surface area contributed by atoms with Crippen LogP contribution in [0.3, 0.4) is 0 Å². The molecule has 1 heteroatoms. The molecular formula is C11H21N. The molecule has 0 heterocycles. The second-order valence-corrected chi connectivity index (χ2v) is 4.09. The Morgan fingerprint density at radius 2 is 2.42 bits per heavy atom. The summed E-state index contributed by atoms with van der Waals surface area (Å²) in [4.78, 5) is 0. The molecule has 0 aliphatic heterocycles. The second-order valence-electron chi connectivity index (χ2n) is 4.09. The second kappa shape index (κ2) is 4.66. The highest BCUT2D eigenvalue weighted by molar-refractivity contribution is 5.10. The van der Waals surface area contributed by atoms with E-state index in [1.807, 2.05) is 0 Å². The smallest absolute Gasteiger partial charge is 0.00791 e. The summed E-state index contributed by atoms with van der Waals surface area (Å²) in [7, 11) is 0. The van der Waals surface area contributed by atoms with E-state index in [1.54, 1.807) is 5.57 Å². The highest BCUT2D eigenvalue weighted by atomic mass is 14.6. The summed E-state index contributed by atoms with van der Waals surface area (Å²) < 4.78 is 0. The van der Waals surface area contributed by atoms with Crippen LogP contribution in [0.2, 0.25) is 0 Å². The molecular weight excluding hydrogens is 146 g/mol. The molecule has 0 radical (unpaired) electrons. The first-order valence-corrected chi connectivity index (χ1v) is 5.17. The fourth-order valence-corrected chi connectivity index (χ4v) is 2.00. The van der Waals surface area contributed by atoms with Crippen molar-refractivity contribution in [2.24, 2.45) is 11.7 Å². The summed E-state index contributed by atoms with van der Waals surface area (Å²) in [5, 5.41) is 0. The van der Waals surface area contributed by atoms with Crippen molar-refractivity contribution in [2.75, 3.05) is 0 Å². The van der Waals surface area contributed by atoms with E-state index in [-0.39, 0.29) is 0 Å². The summed E-state index contributed by atoms with van der Waals surface area (Å²) in [6.07, 6.45) is 8.64. The Bertz CT molecular complexity index is 160. The van der Waals surface area contributed by atoms with Gasteiger partial charge in [-0.05, 0) is 31.6 Å². The third-order valence-corrected chi connectivity index (χ3v) is 2.62. The quantitative estimate of drug-likeness (QED) is 0.643. The van der Waals surface area contributed by atoms with Gasteiger partial charge in [-0.3, -0.25) is 0 Å². The lowest BCUT2D eigenvalue weighted by Gasteiger charge is -2.05. The van der Waals surface area contributed by atoms with Crippen LogP contribution in [0, 0.1) is 5.92 Å². The fraction of sp³-hybridized carbons (Fsp3) is 0.818. The molecule has 0 aromatic rings. The van der Waals surface area contributed by atoms with Crippen LogP contribution in [0.5, 0.6) is 0 Å². The lowest BCUT2D eigenvalue weighted by Crippen LogP contribution is -2.13. The molecule has 1 fully saturated rings. The van der Waals surface area contributed by atoms with Crippen LogP contribution in [0.1, 0.15) is 46.0 Å². The Morgan fingerprint density at radius 3 is 2.92 bits per heavy atom. The van der Waals surface area contributed by atoms with Crippen LogP contribution in [-0.4, -0.2) is 6.04 Å². The number of nitrogens with two attached hydrogens (primary N) is 1. The Labute approximate surface area is 76.0 Å². The molecule has 1 aliphatic rings. The minimum Gasteiger partial charge on any atom is -0.327 e. The van der Waals surface area contributed by atoms with Gasteiger partial charge in [0.1, 0.15) is 0 Å². The molecule has 2 N–H and O–H groups in total. The summed E-state index contributed by atoms with van der Waals surface area (Å²) in [6.45, 7) is 4.55. The molecule has 2 unspecified atom stereocenters. The molecule has 1 saturated carbocycles. The molecule has 0 bridgehead atoms. The first-order chi connectivity index (χ1) is 5.72. The lowest BCUT2D eigenvalue weighted by atomic mass is 10.0. The number of hydrogen-bond acceptors (Lipinski definition) is 1. The Balaban J connectivity index is 2.35. The van der Waals surface area contributed by atoms with Crippen LogP contribution in [0.25, 0.3) is 0 Å². The zero-order valence-electron chi connectivity index (χ0n) is 8.34. The predicted octanol–water partition coefficient (Wildman–Crippen LogP) is 2.86. The molecule has 0 aromatic heterocycles. The van der Waals surface area contributed by atoms with Crippen molar-refractivity contribution in [3.63, 3.8) is 0 Å². The number of allylic oxidation sites excluding steroid dienone is 1. The molecule has 1 aliphatic carbocycles. The minimum atomic E-state index is 0.449. The molecule has 2 atom stereocenters. The van der Waals surface area contributed by atoms with Gasteiger partial charge >= 0.3 is 0 Å². The van der Waals surface area contributed by atoms with Crippen molar-refractivity contribution in [3.05, 3.63) is 11.6 Å². The summed E-state index contributed by atoms with van der Waals surface area (Å²) >= 11 is 0. The number of rotatable bonds is 3. The Hall–Kier alpha value is -0.300. The highest BCUT2D eigenvalue weighted by Crippen LogP contribution is 2.25. The van der Waals surface area contributed by atoms with Gasteiger partial charge in [-0.15, -0.1) is 0 Å². The first kappa shape index (κ1) is 9.79. The molecule has 0 amide bonds. The third kappa shape index (κ3) is 2.98. The van der Waals surface area contributed by atoms with Gasteiger partial charge in [0, 0.05) is 6.04 Å². The maximum absolute atomic E-state index is 5.83. The Morgan fingerprint density at radius 1 is 1.67 bits per heavy atom. The lowest BCUT2D eigenvalue weighted by molar-refractivity contribution is 0.627. The van der Waals surface area contributed by atoms with Crippen molar-refractivity contribution < 1.29 is 0 Å². The maximum Gasteiger partial charge on any atom is 0.00791 e. The number of hydrogen-bond donors (Lipinski definition) is 1. The van der Waals surface area contributed by atoms with Crippen LogP contribution in [0.4, 0.5) is 0 Å². The van der Waals surface area contributed by atoms with Crippen molar-refractivity contribution >= 4 is 0 Å². The van der Waals surface area contributed by atoms with E-state index in [0.717, 1.165) is 12.3 Å². The van der Waals surface area contributed by atoms with Gasteiger partial charge in [0.05, 0.1) is 0 Å². The zero-order chi connectivity index (χ0) is 8.97. The Kier molecular flexibility index (Phi) is 3.80.